The van der Waals surface area contributed by atoms with Crippen LogP contribution < -0.4 is 20.4 Å². The molecule has 0 saturated carbocycles. The van der Waals surface area contributed by atoms with Gasteiger partial charge < -0.3 is 29.4 Å². The van der Waals surface area contributed by atoms with Crippen molar-refractivity contribution in [3.8, 4) is 17.2 Å². The Morgan fingerprint density at radius 2 is 1.94 bits per heavy atom. The molecule has 3 atom stereocenters. The zero-order valence-electron chi connectivity index (χ0n) is 20.9. The first-order valence-corrected chi connectivity index (χ1v) is 12.1. The van der Waals surface area contributed by atoms with Gasteiger partial charge in [-0.05, 0) is 33.8 Å². The van der Waals surface area contributed by atoms with Gasteiger partial charge in [-0.25, -0.2) is 4.79 Å². The van der Waals surface area contributed by atoms with Gasteiger partial charge >= 0.3 is 11.6 Å². The molecule has 1 aliphatic rings. The van der Waals surface area contributed by atoms with Crippen molar-refractivity contribution in [3.05, 3.63) is 51.6 Å². The fourth-order valence-electron chi connectivity index (χ4n) is 4.03. The van der Waals surface area contributed by atoms with Crippen LogP contribution in [0, 0.1) is 6.92 Å². The summed E-state index contributed by atoms with van der Waals surface area (Å²) in [5.41, 5.74) is 0.0280. The number of aryl methyl sites for hydroxylation is 1. The van der Waals surface area contributed by atoms with Crippen molar-refractivity contribution in [1.29, 1.82) is 0 Å². The normalized spacial score (nSPS) is 20.0. The van der Waals surface area contributed by atoms with Crippen molar-refractivity contribution in [2.45, 2.75) is 56.2 Å². The van der Waals surface area contributed by atoms with E-state index in [2.05, 4.69) is 10.3 Å². The highest BCUT2D eigenvalue weighted by Gasteiger charge is 2.43. The van der Waals surface area contributed by atoms with E-state index in [0.717, 1.165) is 5.56 Å². The minimum Gasteiger partial charge on any atom is -0.507 e. The molecule has 10 nitrogen and oxygen atoms in total. The number of nitrogens with zero attached hydrogens (tertiary/aromatic N) is 1. The number of carboxylic acids is 1. The third-order valence-electron chi connectivity index (χ3n) is 5.88. The highest BCUT2D eigenvalue weighted by atomic mass is 32.2. The van der Waals surface area contributed by atoms with Crippen molar-refractivity contribution < 1.29 is 33.7 Å². The van der Waals surface area contributed by atoms with E-state index in [-0.39, 0.29) is 34.5 Å². The summed E-state index contributed by atoms with van der Waals surface area (Å²) in [7, 11) is 3.08. The number of hydrogen-bond acceptors (Lipinski definition) is 9. The zero-order valence-corrected chi connectivity index (χ0v) is 21.8. The summed E-state index contributed by atoms with van der Waals surface area (Å²) in [5.74, 6) is -0.750. The number of carbonyl (C=O) groups excluding carboxylic acids is 1. The molecular formula is C25H30N2O8S. The van der Waals surface area contributed by atoms with Crippen molar-refractivity contribution >= 4 is 29.4 Å². The molecule has 1 amide bonds. The third kappa shape index (κ3) is 5.67. The zero-order chi connectivity index (χ0) is 26.8. The van der Waals surface area contributed by atoms with Gasteiger partial charge in [0.05, 0.1) is 19.9 Å². The lowest BCUT2D eigenvalue weighted by molar-refractivity contribution is -0.141. The summed E-state index contributed by atoms with van der Waals surface area (Å²) >= 11 is 1.43. The van der Waals surface area contributed by atoms with E-state index in [9.17, 15) is 24.6 Å². The molecule has 3 rings (SSSR count). The smallest absolute Gasteiger partial charge is 0.348 e. The SMILES string of the molecule is COc1ccc(C2CC(c3c(O)cc(C)oc3=O)=NC(C(=O)NC(C)C(=O)O)C(C)(C)S2)c(OC)c1. The van der Waals surface area contributed by atoms with Crippen LogP contribution in [0.1, 0.15) is 49.3 Å². The van der Waals surface area contributed by atoms with E-state index in [1.807, 2.05) is 19.9 Å². The summed E-state index contributed by atoms with van der Waals surface area (Å²) in [6.45, 7) is 6.53. The standard InChI is InChI=1S/C25H30N2O8S/c1-12-9-17(28)20(24(32)35-12)16-11-19(15-8-7-14(33-5)10-18(15)34-6)36-25(3,4)21(27-16)22(29)26-13(2)23(30)31/h7-10,13,19,21,28H,11H2,1-6H3,(H,26,29)(H,30,31). The van der Waals surface area contributed by atoms with E-state index in [4.69, 9.17) is 13.9 Å². The highest BCUT2D eigenvalue weighted by Crippen LogP contribution is 2.49. The molecule has 0 fully saturated rings. The second-order valence-electron chi connectivity index (χ2n) is 8.97. The van der Waals surface area contributed by atoms with E-state index in [1.54, 1.807) is 19.2 Å². The van der Waals surface area contributed by atoms with Crippen LogP contribution in [-0.4, -0.2) is 58.9 Å². The molecule has 11 heteroatoms. The Morgan fingerprint density at radius 1 is 1.25 bits per heavy atom. The molecule has 194 valence electrons. The Morgan fingerprint density at radius 3 is 2.53 bits per heavy atom. The number of ether oxygens (including phenoxy) is 2. The molecule has 0 saturated heterocycles. The number of methoxy groups -OCH3 is 2. The lowest BCUT2D eigenvalue weighted by Crippen LogP contribution is -2.49. The lowest BCUT2D eigenvalue weighted by Gasteiger charge is -2.32. The van der Waals surface area contributed by atoms with Crippen LogP contribution in [0.5, 0.6) is 17.2 Å². The Kier molecular flexibility index (Phi) is 8.02. The van der Waals surface area contributed by atoms with E-state index in [1.165, 1.54) is 38.8 Å². The molecule has 2 heterocycles. The maximum atomic E-state index is 13.2. The van der Waals surface area contributed by atoms with Gasteiger partial charge in [0, 0.05) is 34.1 Å². The number of aliphatic carboxylic acids is 1. The van der Waals surface area contributed by atoms with Gasteiger partial charge in [0.1, 0.15) is 40.7 Å². The fourth-order valence-corrected chi connectivity index (χ4v) is 5.61. The van der Waals surface area contributed by atoms with Gasteiger partial charge in [0.15, 0.2) is 0 Å². The quantitative estimate of drug-likeness (QED) is 0.503. The Hall–Kier alpha value is -3.47. The molecule has 3 N–H and O–H groups in total. The first-order chi connectivity index (χ1) is 16.9. The van der Waals surface area contributed by atoms with Crippen LogP contribution in [0.4, 0.5) is 0 Å². The van der Waals surface area contributed by atoms with Crippen molar-refractivity contribution in [2.24, 2.45) is 4.99 Å². The fraction of sp³-hybridized carbons (Fsp3) is 0.440. The van der Waals surface area contributed by atoms with Gasteiger partial charge in [-0.2, -0.15) is 0 Å². The number of carbonyl (C=O) groups is 2. The van der Waals surface area contributed by atoms with Gasteiger partial charge in [-0.15, -0.1) is 11.8 Å². The molecule has 1 aliphatic heterocycles. The van der Waals surface area contributed by atoms with Gasteiger partial charge in [-0.3, -0.25) is 14.6 Å². The number of nitrogens with one attached hydrogen (secondary N) is 1. The molecule has 0 radical (unpaired) electrons. The average Bonchev–Trinajstić information content (AvgIpc) is 2.93. The van der Waals surface area contributed by atoms with E-state index in [0.29, 0.717) is 11.5 Å². The minimum atomic E-state index is -1.19. The van der Waals surface area contributed by atoms with Gasteiger partial charge in [0.2, 0.25) is 5.91 Å². The summed E-state index contributed by atoms with van der Waals surface area (Å²) in [6, 6.07) is 4.45. The Balaban J connectivity index is 2.18. The number of aromatic hydroxyl groups is 1. The number of thioether (sulfide) groups is 1. The molecule has 0 aliphatic carbocycles. The number of aliphatic imine (C=N–C) groups is 1. The average molecular weight is 519 g/mol. The molecule has 36 heavy (non-hydrogen) atoms. The van der Waals surface area contributed by atoms with Gasteiger partial charge in [0.25, 0.3) is 0 Å². The van der Waals surface area contributed by atoms with Crippen LogP contribution in [0.3, 0.4) is 0 Å². The molecule has 1 aromatic heterocycles. The third-order valence-corrected chi connectivity index (χ3v) is 7.41. The largest absolute Gasteiger partial charge is 0.507 e. The van der Waals surface area contributed by atoms with Crippen molar-refractivity contribution in [2.75, 3.05) is 14.2 Å². The highest BCUT2D eigenvalue weighted by molar-refractivity contribution is 8.01. The number of rotatable bonds is 7. The number of carboxylic acid groups (broad SMARTS) is 1. The number of amides is 1. The first-order valence-electron chi connectivity index (χ1n) is 11.2. The number of hydrogen-bond donors (Lipinski definition) is 3. The maximum absolute atomic E-state index is 13.2. The molecule has 0 bridgehead atoms. The van der Waals surface area contributed by atoms with Crippen molar-refractivity contribution in [1.82, 2.24) is 5.32 Å². The first kappa shape index (κ1) is 27.1. The molecule has 0 spiro atoms. The monoisotopic (exact) mass is 518 g/mol. The summed E-state index contributed by atoms with van der Waals surface area (Å²) in [6.07, 6.45) is 0.163. The summed E-state index contributed by atoms with van der Waals surface area (Å²) in [4.78, 5) is 42.0. The maximum Gasteiger partial charge on any atom is 0.348 e. The molecule has 1 aromatic carbocycles. The number of benzene rings is 1. The van der Waals surface area contributed by atoms with Gasteiger partial charge in [-0.1, -0.05) is 6.07 Å². The van der Waals surface area contributed by atoms with Crippen molar-refractivity contribution in [3.63, 3.8) is 0 Å². The Bertz CT molecular complexity index is 1250. The summed E-state index contributed by atoms with van der Waals surface area (Å²) in [5, 5.41) is 22.0. The predicted molar refractivity (Wildman–Crippen MR) is 136 cm³/mol. The van der Waals surface area contributed by atoms with E-state index < -0.39 is 34.3 Å². The summed E-state index contributed by atoms with van der Waals surface area (Å²) < 4.78 is 15.3. The predicted octanol–water partition coefficient (Wildman–Crippen LogP) is 3.07. The Labute approximate surface area is 212 Å². The van der Waals surface area contributed by atoms with Crippen LogP contribution in [0.2, 0.25) is 0 Å². The van der Waals surface area contributed by atoms with Crippen LogP contribution in [0.15, 0.2) is 38.5 Å². The topological polar surface area (TPSA) is 148 Å². The lowest BCUT2D eigenvalue weighted by atomic mass is 9.99. The molecule has 2 aromatic rings. The van der Waals surface area contributed by atoms with Crippen LogP contribution in [0.25, 0.3) is 0 Å². The molecular weight excluding hydrogens is 488 g/mol. The van der Waals surface area contributed by atoms with Crippen LogP contribution >= 0.6 is 11.8 Å². The van der Waals surface area contributed by atoms with E-state index >= 15 is 0 Å². The minimum absolute atomic E-state index is 0.138. The molecule has 3 unspecified atom stereocenters. The second kappa shape index (κ2) is 10.7. The second-order valence-corrected chi connectivity index (χ2v) is 10.8. The van der Waals surface area contributed by atoms with Crippen LogP contribution in [-0.2, 0) is 9.59 Å².